The summed E-state index contributed by atoms with van der Waals surface area (Å²) in [7, 11) is 0. The van der Waals surface area contributed by atoms with Gasteiger partial charge in [0.25, 0.3) is 5.91 Å². The van der Waals surface area contributed by atoms with E-state index in [1.54, 1.807) is 12.1 Å². The van der Waals surface area contributed by atoms with Gasteiger partial charge in [-0.25, -0.2) is 9.78 Å². The summed E-state index contributed by atoms with van der Waals surface area (Å²) in [6.07, 6.45) is 2.61. The second kappa shape index (κ2) is 9.21. The number of rotatable bonds is 7. The fraction of sp³-hybridized carbons (Fsp3) is 0.259. The molecule has 5 rings (SSSR count). The van der Waals surface area contributed by atoms with Gasteiger partial charge >= 0.3 is 12.1 Å². The second-order valence-corrected chi connectivity index (χ2v) is 8.97. The molecule has 2 aromatic carbocycles. The Morgan fingerprint density at radius 2 is 1.63 bits per heavy atom. The largest absolute Gasteiger partial charge is 0.481 e. The number of carboxylic acids is 1. The van der Waals surface area contributed by atoms with Crippen molar-refractivity contribution in [2.75, 3.05) is 18.5 Å². The van der Waals surface area contributed by atoms with E-state index in [2.05, 4.69) is 27.8 Å². The molecule has 0 bridgehead atoms. The molecular formula is C27H25N3O5. The first kappa shape index (κ1) is 22.6. The van der Waals surface area contributed by atoms with Crippen LogP contribution in [-0.2, 0) is 9.53 Å². The molecule has 2 aliphatic carbocycles. The van der Waals surface area contributed by atoms with Crippen LogP contribution < -0.4 is 10.6 Å². The number of pyridine rings is 1. The van der Waals surface area contributed by atoms with Crippen molar-refractivity contribution in [1.82, 2.24) is 10.3 Å². The van der Waals surface area contributed by atoms with E-state index in [9.17, 15) is 19.5 Å². The number of amides is 2. The van der Waals surface area contributed by atoms with Gasteiger partial charge in [-0.15, -0.1) is 0 Å². The number of aliphatic carboxylic acids is 1. The lowest BCUT2D eigenvalue weighted by Crippen LogP contribution is -2.47. The van der Waals surface area contributed by atoms with E-state index in [0.717, 1.165) is 28.7 Å². The maximum absolute atomic E-state index is 12.7. The summed E-state index contributed by atoms with van der Waals surface area (Å²) in [5.41, 5.74) is 3.74. The van der Waals surface area contributed by atoms with Gasteiger partial charge in [0.1, 0.15) is 6.61 Å². The molecule has 0 radical (unpaired) electrons. The molecule has 8 heteroatoms. The normalized spacial score (nSPS) is 15.3. The summed E-state index contributed by atoms with van der Waals surface area (Å²) >= 11 is 0. The number of carboxylic acid groups (broad SMARTS) is 1. The molecule has 1 fully saturated rings. The topological polar surface area (TPSA) is 118 Å². The Morgan fingerprint density at radius 1 is 0.971 bits per heavy atom. The fourth-order valence-corrected chi connectivity index (χ4v) is 4.83. The Morgan fingerprint density at radius 3 is 2.23 bits per heavy atom. The highest BCUT2D eigenvalue weighted by molar-refractivity contribution is 6.01. The molecule has 35 heavy (non-hydrogen) atoms. The maximum Gasteiger partial charge on any atom is 0.411 e. The number of nitrogens with one attached hydrogen (secondary N) is 2. The monoisotopic (exact) mass is 471 g/mol. The molecule has 3 N–H and O–H groups in total. The summed E-state index contributed by atoms with van der Waals surface area (Å²) in [5, 5.41) is 14.7. The van der Waals surface area contributed by atoms with Crippen LogP contribution in [0.5, 0.6) is 0 Å². The lowest BCUT2D eigenvalue weighted by Gasteiger charge is -2.37. The summed E-state index contributed by atoms with van der Waals surface area (Å²) < 4.78 is 5.56. The molecule has 1 saturated carbocycles. The van der Waals surface area contributed by atoms with Gasteiger partial charge in [-0.2, -0.15) is 0 Å². The minimum Gasteiger partial charge on any atom is -0.481 e. The maximum atomic E-state index is 12.7. The Kier molecular flexibility index (Phi) is 5.94. The molecule has 0 saturated heterocycles. The minimum atomic E-state index is -0.926. The quantitative estimate of drug-likeness (QED) is 0.469. The highest BCUT2D eigenvalue weighted by Crippen LogP contribution is 2.44. The number of aromatic nitrogens is 1. The summed E-state index contributed by atoms with van der Waals surface area (Å²) in [6, 6.07) is 19.3. The zero-order chi connectivity index (χ0) is 24.4. The van der Waals surface area contributed by atoms with Crippen LogP contribution in [0.2, 0.25) is 0 Å². The molecule has 8 nitrogen and oxygen atoms in total. The third-order valence-corrected chi connectivity index (χ3v) is 6.95. The van der Waals surface area contributed by atoms with Crippen LogP contribution in [0.1, 0.15) is 46.8 Å². The summed E-state index contributed by atoms with van der Waals surface area (Å²) in [6.45, 7) is 0.158. The molecule has 0 aliphatic heterocycles. The number of carbonyl (C=O) groups is 3. The smallest absolute Gasteiger partial charge is 0.411 e. The molecule has 178 valence electrons. The first-order valence-electron chi connectivity index (χ1n) is 11.6. The summed E-state index contributed by atoms with van der Waals surface area (Å²) in [5.74, 6) is -1.55. The Hall–Kier alpha value is -4.20. The second-order valence-electron chi connectivity index (χ2n) is 8.97. The van der Waals surface area contributed by atoms with E-state index in [1.807, 2.05) is 36.4 Å². The average Bonchev–Trinajstić information content (AvgIpc) is 3.16. The van der Waals surface area contributed by atoms with Crippen molar-refractivity contribution < 1.29 is 24.2 Å². The average molecular weight is 472 g/mol. The van der Waals surface area contributed by atoms with Crippen LogP contribution in [0.3, 0.4) is 0 Å². The number of ether oxygens (including phenoxy) is 1. The highest BCUT2D eigenvalue weighted by atomic mass is 16.5. The van der Waals surface area contributed by atoms with Crippen molar-refractivity contribution in [1.29, 1.82) is 0 Å². The van der Waals surface area contributed by atoms with Crippen LogP contribution in [0.15, 0.2) is 66.9 Å². The Balaban J connectivity index is 1.24. The van der Waals surface area contributed by atoms with Crippen LogP contribution in [0.25, 0.3) is 11.1 Å². The van der Waals surface area contributed by atoms with Crippen LogP contribution in [0, 0.1) is 5.41 Å². The van der Waals surface area contributed by atoms with Gasteiger partial charge in [-0.05, 0) is 47.2 Å². The van der Waals surface area contributed by atoms with Gasteiger partial charge in [-0.1, -0.05) is 55.0 Å². The van der Waals surface area contributed by atoms with Crippen LogP contribution in [-0.4, -0.2) is 41.2 Å². The van der Waals surface area contributed by atoms with E-state index in [4.69, 9.17) is 4.74 Å². The van der Waals surface area contributed by atoms with Crippen LogP contribution >= 0.6 is 0 Å². The van der Waals surface area contributed by atoms with Gasteiger partial charge in [0.05, 0.1) is 11.1 Å². The van der Waals surface area contributed by atoms with Gasteiger partial charge < -0.3 is 15.2 Å². The predicted molar refractivity (Wildman–Crippen MR) is 129 cm³/mol. The zero-order valence-corrected chi connectivity index (χ0v) is 19.0. The number of hydrogen-bond acceptors (Lipinski definition) is 5. The zero-order valence-electron chi connectivity index (χ0n) is 19.0. The third-order valence-electron chi connectivity index (χ3n) is 6.95. The van der Waals surface area contributed by atoms with E-state index in [-0.39, 0.29) is 30.5 Å². The van der Waals surface area contributed by atoms with Crippen molar-refractivity contribution in [2.24, 2.45) is 5.41 Å². The third kappa shape index (κ3) is 4.23. The Bertz CT molecular complexity index is 1260. The standard InChI is InChI=1S/C27H25N3O5/c31-24(29-16-27(25(32)33)12-6-13-27)23-22(11-5-14-28-23)30-26(34)35-15-21-19-9-3-1-7-17(19)18-8-2-4-10-20(18)21/h1-5,7-11,14,21H,6,12-13,15-16H2,(H,29,31)(H,30,34)(H,32,33). The molecule has 2 amide bonds. The lowest BCUT2D eigenvalue weighted by atomic mass is 9.69. The molecule has 1 heterocycles. The van der Waals surface area contributed by atoms with E-state index in [0.29, 0.717) is 12.8 Å². The van der Waals surface area contributed by atoms with Gasteiger partial charge in [-0.3, -0.25) is 14.9 Å². The van der Waals surface area contributed by atoms with Crippen molar-refractivity contribution in [3.63, 3.8) is 0 Å². The molecule has 0 unspecified atom stereocenters. The van der Waals surface area contributed by atoms with Crippen molar-refractivity contribution >= 4 is 23.7 Å². The first-order chi connectivity index (χ1) is 17.0. The molecular weight excluding hydrogens is 446 g/mol. The van der Waals surface area contributed by atoms with Crippen LogP contribution in [0.4, 0.5) is 10.5 Å². The number of benzene rings is 2. The van der Waals surface area contributed by atoms with Crippen molar-refractivity contribution in [3.05, 3.63) is 83.7 Å². The molecule has 3 aromatic rings. The van der Waals surface area contributed by atoms with E-state index in [1.165, 1.54) is 6.20 Å². The molecule has 0 atom stereocenters. The Labute approximate surface area is 202 Å². The number of hydrogen-bond donors (Lipinski definition) is 3. The van der Waals surface area contributed by atoms with Gasteiger partial charge in [0.15, 0.2) is 5.69 Å². The van der Waals surface area contributed by atoms with Crippen molar-refractivity contribution in [3.8, 4) is 11.1 Å². The number of carbonyl (C=O) groups excluding carboxylic acids is 2. The minimum absolute atomic E-state index is 0.000805. The van der Waals surface area contributed by atoms with Gasteiger partial charge in [0.2, 0.25) is 0 Å². The lowest BCUT2D eigenvalue weighted by molar-refractivity contribution is -0.153. The van der Waals surface area contributed by atoms with E-state index < -0.39 is 23.4 Å². The predicted octanol–water partition coefficient (Wildman–Crippen LogP) is 4.43. The first-order valence-corrected chi connectivity index (χ1v) is 11.6. The molecule has 0 spiro atoms. The number of nitrogens with zero attached hydrogens (tertiary/aromatic N) is 1. The molecule has 2 aliphatic rings. The molecule has 1 aromatic heterocycles. The highest BCUT2D eigenvalue weighted by Gasteiger charge is 2.44. The number of fused-ring (bicyclic) bond motifs is 3. The van der Waals surface area contributed by atoms with E-state index >= 15 is 0 Å². The SMILES string of the molecule is O=C(Nc1cccnc1C(=O)NCC1(C(=O)O)CCC1)OCC1c2ccccc2-c2ccccc21. The van der Waals surface area contributed by atoms with Gasteiger partial charge in [0, 0.05) is 18.7 Å². The summed E-state index contributed by atoms with van der Waals surface area (Å²) in [4.78, 5) is 41.0. The van der Waals surface area contributed by atoms with Crippen molar-refractivity contribution in [2.45, 2.75) is 25.2 Å². The fourth-order valence-electron chi connectivity index (χ4n) is 4.83. The number of anilines is 1.